The number of nitrogens with zero attached hydrogens (tertiary/aromatic N) is 2. The summed E-state index contributed by atoms with van der Waals surface area (Å²) in [5.74, 6) is -0.594. The van der Waals surface area contributed by atoms with Crippen LogP contribution in [0.2, 0.25) is 5.02 Å². The number of nitro benzene ring substituents is 1. The van der Waals surface area contributed by atoms with E-state index in [4.69, 9.17) is 11.6 Å². The quantitative estimate of drug-likeness (QED) is 0.521. The van der Waals surface area contributed by atoms with E-state index < -0.39 is 10.7 Å². The van der Waals surface area contributed by atoms with Crippen LogP contribution < -0.4 is 0 Å². The largest absolute Gasteiger partial charge is 0.501 e. The van der Waals surface area contributed by atoms with E-state index in [-0.39, 0.29) is 22.7 Å². The van der Waals surface area contributed by atoms with Crippen LogP contribution in [0.5, 0.6) is 5.75 Å². The first-order valence-electron chi connectivity index (χ1n) is 8.56. The van der Waals surface area contributed by atoms with Gasteiger partial charge < -0.3 is 10.0 Å². The van der Waals surface area contributed by atoms with Gasteiger partial charge in [-0.15, -0.1) is 0 Å². The molecule has 5 nitrogen and oxygen atoms in total. The Morgan fingerprint density at radius 1 is 1.38 bits per heavy atom. The molecule has 1 N–H and O–H groups in total. The Labute approximate surface area is 164 Å². The number of nitro groups is 1. The minimum Gasteiger partial charge on any atom is -0.501 e. The Morgan fingerprint density at radius 2 is 2.15 bits per heavy atom. The molecule has 0 amide bonds. The molecule has 1 aliphatic carbocycles. The average Bonchev–Trinajstić information content (AvgIpc) is 2.74. The highest BCUT2D eigenvalue weighted by atomic mass is 79.9. The summed E-state index contributed by atoms with van der Waals surface area (Å²) in [7, 11) is 2.07. The third-order valence-corrected chi connectivity index (χ3v) is 6.74. The van der Waals surface area contributed by atoms with Gasteiger partial charge in [0.05, 0.1) is 9.95 Å². The molecule has 0 radical (unpaired) electrons. The molecule has 2 aliphatic rings. The van der Waals surface area contributed by atoms with Gasteiger partial charge in [0.1, 0.15) is 0 Å². The molecule has 2 atom stereocenters. The summed E-state index contributed by atoms with van der Waals surface area (Å²) in [4.78, 5) is 13.6. The number of aromatic hydroxyl groups is 1. The van der Waals surface area contributed by atoms with E-state index in [1.165, 1.54) is 5.56 Å². The van der Waals surface area contributed by atoms with Crippen molar-refractivity contribution in [2.75, 3.05) is 13.6 Å². The molecule has 0 saturated heterocycles. The van der Waals surface area contributed by atoms with Gasteiger partial charge in [-0.25, -0.2) is 0 Å². The highest BCUT2D eigenvalue weighted by Gasteiger charge is 2.42. The van der Waals surface area contributed by atoms with Crippen LogP contribution in [0, 0.1) is 10.1 Å². The van der Waals surface area contributed by atoms with E-state index in [9.17, 15) is 15.2 Å². The molecule has 1 aliphatic heterocycles. The summed E-state index contributed by atoms with van der Waals surface area (Å²) in [6.45, 7) is 0.801. The van der Waals surface area contributed by atoms with Crippen LogP contribution in [-0.4, -0.2) is 34.6 Å². The molecule has 26 heavy (non-hydrogen) atoms. The van der Waals surface area contributed by atoms with Crippen molar-refractivity contribution in [1.29, 1.82) is 0 Å². The van der Waals surface area contributed by atoms with Crippen LogP contribution in [0.1, 0.15) is 34.6 Å². The van der Waals surface area contributed by atoms with Crippen LogP contribution in [0.3, 0.4) is 0 Å². The first-order chi connectivity index (χ1) is 12.4. The van der Waals surface area contributed by atoms with Gasteiger partial charge >= 0.3 is 5.69 Å². The molecule has 0 aromatic heterocycles. The van der Waals surface area contributed by atoms with Crippen molar-refractivity contribution in [3.63, 3.8) is 0 Å². The molecule has 0 spiro atoms. The molecule has 0 bridgehead atoms. The van der Waals surface area contributed by atoms with Crippen molar-refractivity contribution in [1.82, 2.24) is 4.90 Å². The van der Waals surface area contributed by atoms with Crippen LogP contribution in [-0.2, 0) is 12.8 Å². The summed E-state index contributed by atoms with van der Waals surface area (Å²) < 4.78 is 1.03. The van der Waals surface area contributed by atoms with Gasteiger partial charge in [-0.05, 0) is 55.1 Å². The number of hydrogen-bond donors (Lipinski definition) is 1. The highest BCUT2D eigenvalue weighted by Crippen LogP contribution is 2.50. The number of hydrogen-bond acceptors (Lipinski definition) is 4. The topological polar surface area (TPSA) is 66.6 Å². The Kier molecular flexibility index (Phi) is 4.45. The van der Waals surface area contributed by atoms with Crippen molar-refractivity contribution in [2.24, 2.45) is 0 Å². The predicted octanol–water partition coefficient (Wildman–Crippen LogP) is 4.65. The van der Waals surface area contributed by atoms with Crippen LogP contribution in [0.25, 0.3) is 0 Å². The fraction of sp³-hybridized carbons (Fsp3) is 0.368. The molecule has 0 fully saturated rings. The molecule has 2 aromatic rings. The zero-order valence-corrected chi connectivity index (χ0v) is 16.5. The predicted molar refractivity (Wildman–Crippen MR) is 104 cm³/mol. The summed E-state index contributed by atoms with van der Waals surface area (Å²) in [5, 5.41) is 22.3. The number of halogens is 2. The van der Waals surface area contributed by atoms with Gasteiger partial charge in [0, 0.05) is 28.5 Å². The van der Waals surface area contributed by atoms with Crippen molar-refractivity contribution in [2.45, 2.75) is 31.2 Å². The summed E-state index contributed by atoms with van der Waals surface area (Å²) >= 11 is 9.74. The smallest absolute Gasteiger partial charge is 0.316 e. The Bertz CT molecular complexity index is 918. The summed E-state index contributed by atoms with van der Waals surface area (Å²) in [5.41, 5.74) is 3.51. The Hall–Kier alpha value is -1.63. The first-order valence-corrected chi connectivity index (χ1v) is 9.73. The standard InChI is InChI=1S/C19H18BrClN2O3/c1-22-8-7-10-9-14(21)19(24)18(23(25)26)16(10)17-12-3-2-4-13(20)11(12)5-6-15(17)22/h2-4,9,15,17,24H,5-8H2,1H3/t15-,17-/m0/s1. The zero-order chi connectivity index (χ0) is 18.6. The van der Waals surface area contributed by atoms with Crippen LogP contribution in [0.4, 0.5) is 5.69 Å². The minimum absolute atomic E-state index is 0.0434. The lowest BCUT2D eigenvalue weighted by Crippen LogP contribution is -2.39. The van der Waals surface area contributed by atoms with E-state index in [0.717, 1.165) is 35.0 Å². The highest BCUT2D eigenvalue weighted by molar-refractivity contribution is 9.10. The second-order valence-corrected chi connectivity index (χ2v) is 8.27. The minimum atomic E-state index is -0.491. The number of fused-ring (bicyclic) bond motifs is 5. The number of phenols is 1. The maximum atomic E-state index is 11.9. The number of rotatable bonds is 1. The lowest BCUT2D eigenvalue weighted by Gasteiger charge is -2.38. The third kappa shape index (κ3) is 2.63. The maximum absolute atomic E-state index is 11.9. The van der Waals surface area contributed by atoms with E-state index in [1.54, 1.807) is 6.07 Å². The monoisotopic (exact) mass is 436 g/mol. The van der Waals surface area contributed by atoms with Gasteiger partial charge in [-0.1, -0.05) is 39.7 Å². The second kappa shape index (κ2) is 6.51. The Morgan fingerprint density at radius 3 is 2.88 bits per heavy atom. The van der Waals surface area contributed by atoms with E-state index >= 15 is 0 Å². The number of benzene rings is 2. The zero-order valence-electron chi connectivity index (χ0n) is 14.2. The van der Waals surface area contributed by atoms with Gasteiger partial charge in [-0.3, -0.25) is 10.1 Å². The molecule has 0 unspecified atom stereocenters. The number of likely N-dealkylation sites (N-methyl/N-ethyl adjacent to an activating group) is 1. The lowest BCUT2D eigenvalue weighted by molar-refractivity contribution is -0.386. The van der Waals surface area contributed by atoms with Crippen LogP contribution >= 0.6 is 27.5 Å². The SMILES string of the molecule is CN1CCc2cc(Cl)c(O)c([N+](=O)[O-])c2[C@H]2c3cccc(Br)c3CC[C@@H]21. The Balaban J connectivity index is 2.06. The average molecular weight is 438 g/mol. The molecular weight excluding hydrogens is 420 g/mol. The van der Waals surface area contributed by atoms with Crippen LogP contribution in [0.15, 0.2) is 28.7 Å². The first kappa shape index (κ1) is 17.8. The van der Waals surface area contributed by atoms with Crippen molar-refractivity contribution >= 4 is 33.2 Å². The normalized spacial score (nSPS) is 22.1. The van der Waals surface area contributed by atoms with Gasteiger partial charge in [0.2, 0.25) is 5.75 Å². The van der Waals surface area contributed by atoms with E-state index in [0.29, 0.717) is 12.0 Å². The lowest BCUT2D eigenvalue weighted by atomic mass is 9.74. The molecular formula is C19H18BrClN2O3. The summed E-state index contributed by atoms with van der Waals surface area (Å²) in [6.07, 6.45) is 2.50. The third-order valence-electron chi connectivity index (χ3n) is 5.71. The maximum Gasteiger partial charge on any atom is 0.316 e. The van der Waals surface area contributed by atoms with Gasteiger partial charge in [0.25, 0.3) is 0 Å². The molecule has 2 aromatic carbocycles. The molecule has 0 saturated carbocycles. The summed E-state index contributed by atoms with van der Waals surface area (Å²) in [6, 6.07) is 7.88. The van der Waals surface area contributed by atoms with Crippen molar-refractivity contribution in [3.8, 4) is 5.75 Å². The van der Waals surface area contributed by atoms with Crippen molar-refractivity contribution in [3.05, 3.63) is 66.1 Å². The van der Waals surface area contributed by atoms with Gasteiger partial charge in [-0.2, -0.15) is 0 Å². The molecule has 1 heterocycles. The molecule has 7 heteroatoms. The van der Waals surface area contributed by atoms with E-state index in [1.807, 2.05) is 12.1 Å². The van der Waals surface area contributed by atoms with Crippen molar-refractivity contribution < 1.29 is 10.0 Å². The molecule has 136 valence electrons. The fourth-order valence-corrected chi connectivity index (χ4v) is 5.31. The second-order valence-electron chi connectivity index (χ2n) is 7.01. The van der Waals surface area contributed by atoms with E-state index in [2.05, 4.69) is 33.9 Å². The fourth-order valence-electron chi connectivity index (χ4n) is 4.51. The number of phenolic OH excluding ortho intramolecular Hbond substituents is 1. The molecule has 4 rings (SSSR count). The van der Waals surface area contributed by atoms with Gasteiger partial charge in [0.15, 0.2) is 0 Å².